The molecule has 0 aliphatic carbocycles. The number of methoxy groups -OCH3 is 2. The topological polar surface area (TPSA) is 92.3 Å². The predicted molar refractivity (Wildman–Crippen MR) is 116 cm³/mol. The Morgan fingerprint density at radius 1 is 1.13 bits per heavy atom. The standard InChI is InChI=1S/C22H29FN4O3/c1-21(2)19(28)27(4)20(24)26-22(21,3)15-11-13(7-9-16(15)23)25-17-10-8-14(29-5)12-18(17)30-6/h7-12,19,25,28H,1-6H3,(H2,24,26). The molecule has 0 bridgehead atoms. The molecule has 2 unspecified atom stereocenters. The highest BCUT2D eigenvalue weighted by molar-refractivity contribution is 5.80. The van der Waals surface area contributed by atoms with E-state index in [2.05, 4.69) is 10.3 Å². The number of aliphatic imine (C=N–C) groups is 1. The largest absolute Gasteiger partial charge is 0.497 e. The summed E-state index contributed by atoms with van der Waals surface area (Å²) in [5.41, 5.74) is 5.80. The number of guanidine groups is 1. The molecule has 4 N–H and O–H groups in total. The van der Waals surface area contributed by atoms with Gasteiger partial charge in [-0.2, -0.15) is 0 Å². The number of aliphatic hydroxyl groups is 1. The first kappa shape index (κ1) is 21.7. The SMILES string of the molecule is COc1ccc(Nc2ccc(F)c(C3(C)N=C(N)N(C)C(O)C3(C)C)c2)c(OC)c1. The van der Waals surface area contributed by atoms with Gasteiger partial charge in [0.15, 0.2) is 5.96 Å². The zero-order valence-electron chi connectivity index (χ0n) is 18.2. The number of ether oxygens (including phenoxy) is 2. The molecule has 162 valence electrons. The number of anilines is 2. The highest BCUT2D eigenvalue weighted by atomic mass is 19.1. The van der Waals surface area contributed by atoms with Crippen LogP contribution in [0.15, 0.2) is 41.4 Å². The van der Waals surface area contributed by atoms with Crippen LogP contribution in [-0.2, 0) is 5.54 Å². The summed E-state index contributed by atoms with van der Waals surface area (Å²) in [6, 6.07) is 10.1. The van der Waals surface area contributed by atoms with Gasteiger partial charge in [0.25, 0.3) is 0 Å². The summed E-state index contributed by atoms with van der Waals surface area (Å²) in [5, 5.41) is 14.0. The molecule has 8 heteroatoms. The van der Waals surface area contributed by atoms with Gasteiger partial charge in [0, 0.05) is 29.8 Å². The Kier molecular flexibility index (Phi) is 5.56. The lowest BCUT2D eigenvalue weighted by Gasteiger charge is -2.51. The fourth-order valence-electron chi connectivity index (χ4n) is 3.75. The summed E-state index contributed by atoms with van der Waals surface area (Å²) in [7, 11) is 4.81. The molecule has 1 aliphatic heterocycles. The zero-order valence-corrected chi connectivity index (χ0v) is 18.2. The molecule has 30 heavy (non-hydrogen) atoms. The highest BCUT2D eigenvalue weighted by Crippen LogP contribution is 2.49. The van der Waals surface area contributed by atoms with Crippen molar-refractivity contribution < 1.29 is 19.0 Å². The Bertz CT molecular complexity index is 979. The number of benzene rings is 2. The number of hydrogen-bond acceptors (Lipinski definition) is 7. The Labute approximate surface area is 176 Å². The van der Waals surface area contributed by atoms with Gasteiger partial charge in [0.2, 0.25) is 0 Å². The van der Waals surface area contributed by atoms with Crippen molar-refractivity contribution in [3.63, 3.8) is 0 Å². The van der Waals surface area contributed by atoms with Crippen LogP contribution in [0, 0.1) is 11.2 Å². The van der Waals surface area contributed by atoms with Crippen LogP contribution in [-0.4, -0.2) is 43.5 Å². The maximum atomic E-state index is 15.0. The van der Waals surface area contributed by atoms with Crippen LogP contribution in [0.2, 0.25) is 0 Å². The molecule has 2 aromatic rings. The molecular formula is C22H29FN4O3. The first-order valence-electron chi connectivity index (χ1n) is 9.60. The van der Waals surface area contributed by atoms with Gasteiger partial charge in [-0.05, 0) is 37.3 Å². The first-order valence-corrected chi connectivity index (χ1v) is 9.60. The molecule has 0 spiro atoms. The van der Waals surface area contributed by atoms with Gasteiger partial charge < -0.3 is 30.5 Å². The second-order valence-corrected chi connectivity index (χ2v) is 8.13. The maximum absolute atomic E-state index is 15.0. The number of halogens is 1. The lowest BCUT2D eigenvalue weighted by atomic mass is 9.67. The van der Waals surface area contributed by atoms with Crippen LogP contribution in [0.5, 0.6) is 11.5 Å². The van der Waals surface area contributed by atoms with E-state index in [1.807, 2.05) is 19.9 Å². The van der Waals surface area contributed by atoms with E-state index < -0.39 is 23.0 Å². The number of nitrogens with two attached hydrogens (primary N) is 1. The van der Waals surface area contributed by atoms with E-state index >= 15 is 4.39 Å². The van der Waals surface area contributed by atoms with Crippen LogP contribution >= 0.6 is 0 Å². The average molecular weight is 416 g/mol. The van der Waals surface area contributed by atoms with Crippen molar-refractivity contribution in [3.8, 4) is 11.5 Å². The van der Waals surface area contributed by atoms with Gasteiger partial charge in [-0.15, -0.1) is 0 Å². The molecule has 0 saturated heterocycles. The fraction of sp³-hybridized carbons (Fsp3) is 0.409. The molecule has 0 fully saturated rings. The Balaban J connectivity index is 2.06. The molecule has 2 atom stereocenters. The molecule has 1 aliphatic rings. The van der Waals surface area contributed by atoms with Gasteiger partial charge in [-0.3, -0.25) is 0 Å². The Morgan fingerprint density at radius 3 is 2.47 bits per heavy atom. The first-order chi connectivity index (χ1) is 14.0. The van der Waals surface area contributed by atoms with Gasteiger partial charge in [-0.25, -0.2) is 9.38 Å². The van der Waals surface area contributed by atoms with Crippen LogP contribution in [0.25, 0.3) is 0 Å². The van der Waals surface area contributed by atoms with Crippen LogP contribution < -0.4 is 20.5 Å². The van der Waals surface area contributed by atoms with E-state index in [1.54, 1.807) is 52.5 Å². The molecule has 0 saturated carbocycles. The number of nitrogens with one attached hydrogen (secondary N) is 1. The molecule has 2 aromatic carbocycles. The second-order valence-electron chi connectivity index (χ2n) is 8.13. The molecule has 0 aromatic heterocycles. The summed E-state index contributed by atoms with van der Waals surface area (Å²) in [5.74, 6) is 0.977. The minimum absolute atomic E-state index is 0.152. The monoisotopic (exact) mass is 416 g/mol. The van der Waals surface area contributed by atoms with Crippen molar-refractivity contribution in [2.24, 2.45) is 16.1 Å². The predicted octanol–water partition coefficient (Wildman–Crippen LogP) is 3.41. The summed E-state index contributed by atoms with van der Waals surface area (Å²) in [6.07, 6.45) is -0.933. The summed E-state index contributed by atoms with van der Waals surface area (Å²) >= 11 is 0. The molecule has 7 nitrogen and oxygen atoms in total. The van der Waals surface area contributed by atoms with E-state index in [0.717, 1.165) is 0 Å². The van der Waals surface area contributed by atoms with E-state index in [9.17, 15) is 5.11 Å². The van der Waals surface area contributed by atoms with E-state index in [4.69, 9.17) is 15.2 Å². The van der Waals surface area contributed by atoms with Crippen molar-refractivity contribution in [1.29, 1.82) is 0 Å². The van der Waals surface area contributed by atoms with Crippen molar-refractivity contribution in [1.82, 2.24) is 4.90 Å². The lowest BCUT2D eigenvalue weighted by Crippen LogP contribution is -2.61. The van der Waals surface area contributed by atoms with Gasteiger partial charge >= 0.3 is 0 Å². The summed E-state index contributed by atoms with van der Waals surface area (Å²) < 4.78 is 25.7. The number of hydrogen-bond donors (Lipinski definition) is 3. The minimum Gasteiger partial charge on any atom is -0.497 e. The summed E-state index contributed by atoms with van der Waals surface area (Å²) in [4.78, 5) is 6.08. The molecule has 0 radical (unpaired) electrons. The number of nitrogens with zero attached hydrogens (tertiary/aromatic N) is 2. The molecule has 0 amide bonds. The molecular weight excluding hydrogens is 387 g/mol. The van der Waals surface area contributed by atoms with Gasteiger partial charge in [0.05, 0.1) is 25.4 Å². The van der Waals surface area contributed by atoms with E-state index in [0.29, 0.717) is 28.4 Å². The molecule has 1 heterocycles. The molecule has 3 rings (SSSR count). The maximum Gasteiger partial charge on any atom is 0.193 e. The summed E-state index contributed by atoms with van der Waals surface area (Å²) in [6.45, 7) is 5.47. The number of rotatable bonds is 5. The highest BCUT2D eigenvalue weighted by Gasteiger charge is 2.53. The zero-order chi connectivity index (χ0) is 22.3. The fourth-order valence-corrected chi connectivity index (χ4v) is 3.75. The van der Waals surface area contributed by atoms with Crippen molar-refractivity contribution in [2.45, 2.75) is 32.5 Å². The normalized spacial score (nSPS) is 23.0. The quantitative estimate of drug-likeness (QED) is 0.692. The van der Waals surface area contributed by atoms with E-state index in [1.165, 1.54) is 11.0 Å². The van der Waals surface area contributed by atoms with Crippen LogP contribution in [0.3, 0.4) is 0 Å². The van der Waals surface area contributed by atoms with Gasteiger partial charge in [-0.1, -0.05) is 13.8 Å². The average Bonchev–Trinajstić information content (AvgIpc) is 2.72. The van der Waals surface area contributed by atoms with Crippen molar-refractivity contribution in [3.05, 3.63) is 47.8 Å². The minimum atomic E-state index is -1.09. The van der Waals surface area contributed by atoms with Crippen LogP contribution in [0.1, 0.15) is 26.3 Å². The number of aliphatic hydroxyl groups excluding tert-OH is 1. The van der Waals surface area contributed by atoms with Crippen molar-refractivity contribution in [2.75, 3.05) is 26.6 Å². The Morgan fingerprint density at radius 2 is 1.83 bits per heavy atom. The van der Waals surface area contributed by atoms with Crippen molar-refractivity contribution >= 4 is 17.3 Å². The third kappa shape index (κ3) is 3.41. The smallest absolute Gasteiger partial charge is 0.193 e. The van der Waals surface area contributed by atoms with Gasteiger partial charge in [0.1, 0.15) is 23.5 Å². The third-order valence-electron chi connectivity index (χ3n) is 6.15. The second kappa shape index (κ2) is 7.68. The lowest BCUT2D eigenvalue weighted by molar-refractivity contribution is -0.0836. The Hall–Kier alpha value is -3.00. The third-order valence-corrected chi connectivity index (χ3v) is 6.15. The van der Waals surface area contributed by atoms with E-state index in [-0.39, 0.29) is 5.96 Å². The van der Waals surface area contributed by atoms with Crippen LogP contribution in [0.4, 0.5) is 15.8 Å².